The minimum Gasteiger partial charge on any atom is -0.508 e. The second kappa shape index (κ2) is 7.51. The molecule has 4 aromatic rings. The molecule has 2 heterocycles. The maximum Gasteiger partial charge on any atom is 0.222 e. The van der Waals surface area contributed by atoms with Gasteiger partial charge in [-0.25, -0.2) is 9.37 Å². The lowest BCUT2D eigenvalue weighted by Gasteiger charge is -2.35. The van der Waals surface area contributed by atoms with Gasteiger partial charge in [0.05, 0.1) is 5.02 Å². The van der Waals surface area contributed by atoms with Gasteiger partial charge in [0.15, 0.2) is 5.82 Å². The van der Waals surface area contributed by atoms with Gasteiger partial charge in [-0.1, -0.05) is 35.9 Å². The predicted octanol–water partition coefficient (Wildman–Crippen LogP) is 4.33. The summed E-state index contributed by atoms with van der Waals surface area (Å²) in [5.74, 6) is 0.0176. The van der Waals surface area contributed by atoms with Crippen molar-refractivity contribution in [1.29, 1.82) is 0 Å². The largest absolute Gasteiger partial charge is 0.508 e. The summed E-state index contributed by atoms with van der Waals surface area (Å²) >= 11 is 6.64. The van der Waals surface area contributed by atoms with E-state index in [-0.39, 0.29) is 33.8 Å². The zero-order valence-electron chi connectivity index (χ0n) is 16.9. The first-order valence-electron chi connectivity index (χ1n) is 10.1. The van der Waals surface area contributed by atoms with E-state index < -0.39 is 5.82 Å². The zero-order chi connectivity index (χ0) is 21.7. The van der Waals surface area contributed by atoms with Crippen molar-refractivity contribution in [2.24, 2.45) is 0 Å². The van der Waals surface area contributed by atoms with Gasteiger partial charge in [-0.05, 0) is 41.5 Å². The average molecular weight is 438 g/mol. The lowest BCUT2D eigenvalue weighted by Crippen LogP contribution is -2.50. The molecular formula is C23H21ClFN5O. The summed E-state index contributed by atoms with van der Waals surface area (Å²) in [5, 5.41) is 15.9. The average Bonchev–Trinajstić information content (AvgIpc) is 2.74. The van der Waals surface area contributed by atoms with Gasteiger partial charge in [-0.3, -0.25) is 0 Å². The third kappa shape index (κ3) is 3.30. The number of benzene rings is 3. The molecule has 0 bridgehead atoms. The van der Waals surface area contributed by atoms with Crippen LogP contribution in [0, 0.1) is 5.82 Å². The molecule has 0 aliphatic carbocycles. The first kappa shape index (κ1) is 19.8. The van der Waals surface area contributed by atoms with E-state index in [4.69, 9.17) is 17.3 Å². The van der Waals surface area contributed by atoms with E-state index in [9.17, 15) is 5.11 Å². The standard InChI is InChI=1S/C23H21ClFN5O/c1-12-11-27-6-7-30(12)22-17-10-18(24)19(20(25)21(17)28-23(26)29-22)16-9-14(31)8-13-4-2-3-5-15(13)16/h2-5,8-10,12,27,31H,6-7,11H2,1H3,(H2,26,28,29). The van der Waals surface area contributed by atoms with Gasteiger partial charge in [0.1, 0.15) is 17.1 Å². The summed E-state index contributed by atoms with van der Waals surface area (Å²) in [6.45, 7) is 4.36. The molecule has 1 aliphatic rings. The molecule has 31 heavy (non-hydrogen) atoms. The van der Waals surface area contributed by atoms with Crippen LogP contribution in [0.1, 0.15) is 6.92 Å². The third-order valence-electron chi connectivity index (χ3n) is 5.77. The van der Waals surface area contributed by atoms with E-state index in [1.807, 2.05) is 24.3 Å². The molecule has 1 atom stereocenters. The lowest BCUT2D eigenvalue weighted by molar-refractivity contribution is 0.476. The van der Waals surface area contributed by atoms with E-state index in [0.717, 1.165) is 23.9 Å². The number of aromatic hydroxyl groups is 1. The highest BCUT2D eigenvalue weighted by Gasteiger charge is 2.26. The number of piperazine rings is 1. The van der Waals surface area contributed by atoms with Gasteiger partial charge < -0.3 is 21.1 Å². The fraction of sp³-hybridized carbons (Fsp3) is 0.217. The number of nitrogen functional groups attached to an aromatic ring is 1. The van der Waals surface area contributed by atoms with Crippen molar-refractivity contribution in [2.75, 3.05) is 30.3 Å². The highest BCUT2D eigenvalue weighted by Crippen LogP contribution is 2.42. The van der Waals surface area contributed by atoms with Gasteiger partial charge in [0, 0.05) is 36.6 Å². The summed E-state index contributed by atoms with van der Waals surface area (Å²) < 4.78 is 16.0. The summed E-state index contributed by atoms with van der Waals surface area (Å²) in [6.07, 6.45) is 0. The highest BCUT2D eigenvalue weighted by molar-refractivity contribution is 6.35. The number of fused-ring (bicyclic) bond motifs is 2. The molecule has 1 aliphatic heterocycles. The first-order valence-corrected chi connectivity index (χ1v) is 10.5. The van der Waals surface area contributed by atoms with Crippen molar-refractivity contribution in [1.82, 2.24) is 15.3 Å². The quantitative estimate of drug-likeness (QED) is 0.432. The molecule has 158 valence electrons. The van der Waals surface area contributed by atoms with E-state index in [1.165, 1.54) is 6.07 Å². The third-order valence-corrected chi connectivity index (χ3v) is 6.07. The van der Waals surface area contributed by atoms with Crippen LogP contribution >= 0.6 is 11.6 Å². The SMILES string of the molecule is CC1CNCCN1c1nc(N)nc2c(F)c(-c3cc(O)cc4ccccc34)c(Cl)cc12. The number of phenolic OH excluding ortho intramolecular Hbond substituents is 1. The molecule has 3 aromatic carbocycles. The monoisotopic (exact) mass is 437 g/mol. The fourth-order valence-corrected chi connectivity index (χ4v) is 4.61. The number of hydrogen-bond donors (Lipinski definition) is 3. The minimum absolute atomic E-state index is 0.00109. The molecule has 1 fully saturated rings. The molecule has 5 rings (SSSR count). The molecule has 1 unspecified atom stereocenters. The molecule has 1 saturated heterocycles. The summed E-state index contributed by atoms with van der Waals surface area (Å²) in [4.78, 5) is 10.7. The van der Waals surface area contributed by atoms with Gasteiger partial charge in [0.2, 0.25) is 5.95 Å². The van der Waals surface area contributed by atoms with Crippen LogP contribution < -0.4 is 16.0 Å². The van der Waals surface area contributed by atoms with Crippen LogP contribution in [-0.4, -0.2) is 40.8 Å². The second-order valence-corrected chi connectivity index (χ2v) is 8.22. The normalized spacial score (nSPS) is 16.9. The van der Waals surface area contributed by atoms with Crippen LogP contribution in [0.3, 0.4) is 0 Å². The molecule has 1 aromatic heterocycles. The Hall–Kier alpha value is -3.16. The van der Waals surface area contributed by atoms with Crippen molar-refractivity contribution in [2.45, 2.75) is 13.0 Å². The van der Waals surface area contributed by atoms with E-state index in [0.29, 0.717) is 23.3 Å². The van der Waals surface area contributed by atoms with Crippen LogP contribution in [-0.2, 0) is 0 Å². The van der Waals surface area contributed by atoms with Crippen LogP contribution in [0.2, 0.25) is 5.02 Å². The summed E-state index contributed by atoms with van der Waals surface area (Å²) in [6, 6.07) is 12.4. The van der Waals surface area contributed by atoms with Crippen molar-refractivity contribution in [3.8, 4) is 16.9 Å². The van der Waals surface area contributed by atoms with Crippen LogP contribution in [0.15, 0.2) is 42.5 Å². The number of nitrogens with two attached hydrogens (primary N) is 1. The number of nitrogens with zero attached hydrogens (tertiary/aromatic N) is 3. The van der Waals surface area contributed by atoms with E-state index >= 15 is 4.39 Å². The number of rotatable bonds is 2. The Morgan fingerprint density at radius 3 is 2.81 bits per heavy atom. The number of hydrogen-bond acceptors (Lipinski definition) is 6. The summed E-state index contributed by atoms with van der Waals surface area (Å²) in [5.41, 5.74) is 6.77. The molecule has 6 nitrogen and oxygen atoms in total. The minimum atomic E-state index is -0.587. The van der Waals surface area contributed by atoms with Crippen molar-refractivity contribution in [3.63, 3.8) is 0 Å². The molecular weight excluding hydrogens is 417 g/mol. The molecule has 0 amide bonds. The number of halogens is 2. The van der Waals surface area contributed by atoms with E-state index in [1.54, 1.807) is 12.1 Å². The van der Waals surface area contributed by atoms with Gasteiger partial charge in [-0.15, -0.1) is 0 Å². The topological polar surface area (TPSA) is 87.3 Å². The fourth-order valence-electron chi connectivity index (χ4n) is 4.32. The van der Waals surface area contributed by atoms with Gasteiger partial charge in [0.25, 0.3) is 0 Å². The van der Waals surface area contributed by atoms with Gasteiger partial charge in [-0.2, -0.15) is 4.98 Å². The maximum atomic E-state index is 16.0. The molecule has 0 saturated carbocycles. The highest BCUT2D eigenvalue weighted by atomic mass is 35.5. The smallest absolute Gasteiger partial charge is 0.222 e. The Morgan fingerprint density at radius 2 is 2.00 bits per heavy atom. The van der Waals surface area contributed by atoms with Crippen LogP contribution in [0.25, 0.3) is 32.8 Å². The maximum absolute atomic E-state index is 16.0. The Bertz CT molecular complexity index is 1330. The first-order chi connectivity index (χ1) is 14.9. The number of nitrogens with one attached hydrogen (secondary N) is 1. The Kier molecular flexibility index (Phi) is 4.79. The Balaban J connectivity index is 1.80. The zero-order valence-corrected chi connectivity index (χ0v) is 17.6. The number of phenols is 1. The molecule has 0 radical (unpaired) electrons. The number of anilines is 2. The predicted molar refractivity (Wildman–Crippen MR) is 123 cm³/mol. The van der Waals surface area contributed by atoms with Crippen molar-refractivity contribution < 1.29 is 9.50 Å². The van der Waals surface area contributed by atoms with Gasteiger partial charge >= 0.3 is 0 Å². The second-order valence-electron chi connectivity index (χ2n) is 7.81. The van der Waals surface area contributed by atoms with Crippen molar-refractivity contribution in [3.05, 3.63) is 53.3 Å². The van der Waals surface area contributed by atoms with E-state index in [2.05, 4.69) is 27.1 Å². The van der Waals surface area contributed by atoms with Crippen LogP contribution in [0.5, 0.6) is 5.75 Å². The van der Waals surface area contributed by atoms with Crippen molar-refractivity contribution >= 4 is 45.0 Å². The molecule has 0 spiro atoms. The Morgan fingerprint density at radius 1 is 1.19 bits per heavy atom. The number of aromatic nitrogens is 2. The van der Waals surface area contributed by atoms with Crippen LogP contribution in [0.4, 0.5) is 16.2 Å². The molecule has 8 heteroatoms. The molecule has 4 N–H and O–H groups in total. The Labute approximate surface area is 183 Å². The lowest BCUT2D eigenvalue weighted by atomic mass is 9.96. The summed E-state index contributed by atoms with van der Waals surface area (Å²) in [7, 11) is 0.